The lowest BCUT2D eigenvalue weighted by atomic mass is 10.3. The van der Waals surface area contributed by atoms with Crippen molar-refractivity contribution in [1.29, 1.82) is 0 Å². The van der Waals surface area contributed by atoms with E-state index in [2.05, 4.69) is 10.6 Å². The molecule has 4 N–H and O–H groups in total. The molecule has 0 unspecified atom stereocenters. The summed E-state index contributed by atoms with van der Waals surface area (Å²) in [6, 6.07) is 0. The van der Waals surface area contributed by atoms with Gasteiger partial charge < -0.3 is 9.80 Å². The molecular formula is C10H16N4O4+2. The van der Waals surface area contributed by atoms with Gasteiger partial charge in [0.15, 0.2) is 26.2 Å². The van der Waals surface area contributed by atoms with E-state index in [0.717, 1.165) is 9.80 Å². The lowest BCUT2D eigenvalue weighted by Gasteiger charge is -2.26. The van der Waals surface area contributed by atoms with Crippen molar-refractivity contribution in [3.8, 4) is 0 Å². The van der Waals surface area contributed by atoms with Gasteiger partial charge >= 0.3 is 0 Å². The Morgan fingerprint density at radius 2 is 0.944 bits per heavy atom. The average molecular weight is 256 g/mol. The van der Waals surface area contributed by atoms with Crippen molar-refractivity contribution >= 4 is 23.6 Å². The molecule has 2 aliphatic rings. The molecule has 2 aliphatic heterocycles. The summed E-state index contributed by atoms with van der Waals surface area (Å²) in [5, 5.41) is 4.48. The summed E-state index contributed by atoms with van der Waals surface area (Å²) in [4.78, 5) is 46.4. The standard InChI is InChI=1S/C10H14N4O4/c15-7-3-13(4-8(16)11-7)1-2-14-5-9(17)12-10(18)6-14/h1-6H2,(H,11,15,16)(H,12,17,18)/p+2. The van der Waals surface area contributed by atoms with Crippen molar-refractivity contribution in [2.24, 2.45) is 0 Å². The van der Waals surface area contributed by atoms with Gasteiger partial charge in [-0.25, -0.2) is 0 Å². The lowest BCUT2D eigenvalue weighted by Crippen LogP contribution is -3.23. The van der Waals surface area contributed by atoms with Crippen LogP contribution < -0.4 is 20.4 Å². The van der Waals surface area contributed by atoms with E-state index in [1.807, 2.05) is 0 Å². The van der Waals surface area contributed by atoms with Crippen LogP contribution in [0.2, 0.25) is 0 Å². The first kappa shape index (κ1) is 12.7. The number of hydrogen-bond acceptors (Lipinski definition) is 4. The molecule has 0 aromatic carbocycles. The van der Waals surface area contributed by atoms with Crippen molar-refractivity contribution in [1.82, 2.24) is 10.6 Å². The van der Waals surface area contributed by atoms with Gasteiger partial charge in [-0.3, -0.25) is 29.8 Å². The van der Waals surface area contributed by atoms with Crippen LogP contribution in [0.15, 0.2) is 0 Å². The largest absolute Gasteiger partial charge is 0.315 e. The summed E-state index contributed by atoms with van der Waals surface area (Å²) in [6.45, 7) is 2.24. The highest BCUT2D eigenvalue weighted by molar-refractivity contribution is 5.98. The van der Waals surface area contributed by atoms with Gasteiger partial charge in [0.2, 0.25) is 0 Å². The van der Waals surface area contributed by atoms with E-state index in [9.17, 15) is 19.2 Å². The van der Waals surface area contributed by atoms with Gasteiger partial charge in [0.1, 0.15) is 13.1 Å². The van der Waals surface area contributed by atoms with Crippen LogP contribution in [0.3, 0.4) is 0 Å². The minimum Gasteiger partial charge on any atom is -0.315 e. The Bertz CT molecular complexity index is 339. The highest BCUT2D eigenvalue weighted by atomic mass is 16.2. The van der Waals surface area contributed by atoms with Crippen LogP contribution >= 0.6 is 0 Å². The zero-order valence-corrected chi connectivity index (χ0v) is 9.88. The van der Waals surface area contributed by atoms with E-state index < -0.39 is 0 Å². The van der Waals surface area contributed by atoms with Crippen molar-refractivity contribution in [2.45, 2.75) is 0 Å². The Balaban J connectivity index is 1.80. The number of quaternary nitrogens is 2. The Hall–Kier alpha value is -1.80. The van der Waals surface area contributed by atoms with E-state index in [1.54, 1.807) is 0 Å². The second-order valence-electron chi connectivity index (χ2n) is 4.65. The molecule has 8 nitrogen and oxygen atoms in total. The number of nitrogens with one attached hydrogen (secondary N) is 4. The highest BCUT2D eigenvalue weighted by Crippen LogP contribution is 1.72. The molecule has 0 aliphatic carbocycles. The fourth-order valence-electron chi connectivity index (χ4n) is 2.23. The van der Waals surface area contributed by atoms with Gasteiger partial charge in [-0.05, 0) is 0 Å². The second kappa shape index (κ2) is 5.23. The number of piperazine rings is 2. The van der Waals surface area contributed by atoms with Gasteiger partial charge in [-0.15, -0.1) is 0 Å². The molecule has 0 aromatic heterocycles. The zero-order valence-electron chi connectivity index (χ0n) is 9.88. The third-order valence-electron chi connectivity index (χ3n) is 3.03. The van der Waals surface area contributed by atoms with Crippen molar-refractivity contribution in [3.63, 3.8) is 0 Å². The van der Waals surface area contributed by atoms with Crippen LogP contribution in [0, 0.1) is 0 Å². The van der Waals surface area contributed by atoms with Crippen LogP contribution in [0.4, 0.5) is 0 Å². The first-order valence-electron chi connectivity index (χ1n) is 5.85. The monoisotopic (exact) mass is 256 g/mol. The molecule has 0 bridgehead atoms. The van der Waals surface area contributed by atoms with E-state index in [-0.39, 0.29) is 49.8 Å². The summed E-state index contributed by atoms with van der Waals surface area (Å²) in [6.07, 6.45) is 0. The smallest absolute Gasteiger partial charge is 0.281 e. The number of hydrogen-bond donors (Lipinski definition) is 4. The molecule has 2 fully saturated rings. The highest BCUT2D eigenvalue weighted by Gasteiger charge is 2.30. The third kappa shape index (κ3) is 3.34. The van der Waals surface area contributed by atoms with Crippen LogP contribution in [0.5, 0.6) is 0 Å². The fourth-order valence-corrected chi connectivity index (χ4v) is 2.23. The molecule has 0 saturated carbocycles. The summed E-state index contributed by atoms with van der Waals surface area (Å²) >= 11 is 0. The Morgan fingerprint density at radius 3 is 1.22 bits per heavy atom. The third-order valence-corrected chi connectivity index (χ3v) is 3.03. The minimum atomic E-state index is -0.274. The predicted molar refractivity (Wildman–Crippen MR) is 57.4 cm³/mol. The first-order valence-corrected chi connectivity index (χ1v) is 5.85. The summed E-state index contributed by atoms with van der Waals surface area (Å²) in [7, 11) is 0. The molecule has 98 valence electrons. The molecule has 8 heteroatoms. The number of imide groups is 2. The Labute approximate surface area is 103 Å². The van der Waals surface area contributed by atoms with Crippen molar-refractivity contribution in [2.75, 3.05) is 39.3 Å². The van der Waals surface area contributed by atoms with Crippen LogP contribution in [-0.2, 0) is 19.2 Å². The molecule has 0 spiro atoms. The quantitative estimate of drug-likeness (QED) is 0.378. The predicted octanol–water partition coefficient (Wildman–Crippen LogP) is -5.93. The van der Waals surface area contributed by atoms with E-state index in [4.69, 9.17) is 0 Å². The number of amides is 4. The van der Waals surface area contributed by atoms with Crippen molar-refractivity contribution in [3.05, 3.63) is 0 Å². The van der Waals surface area contributed by atoms with E-state index in [1.165, 1.54) is 0 Å². The van der Waals surface area contributed by atoms with E-state index in [0.29, 0.717) is 13.1 Å². The molecule has 4 amide bonds. The maximum atomic E-state index is 11.2. The van der Waals surface area contributed by atoms with Gasteiger partial charge in [0.25, 0.3) is 23.6 Å². The average Bonchev–Trinajstić information content (AvgIpc) is 2.23. The topological polar surface area (TPSA) is 101 Å². The second-order valence-corrected chi connectivity index (χ2v) is 4.65. The number of carbonyl (C=O) groups is 4. The Kier molecular flexibility index (Phi) is 3.68. The van der Waals surface area contributed by atoms with Crippen molar-refractivity contribution < 1.29 is 29.0 Å². The molecule has 2 heterocycles. The first-order chi connectivity index (χ1) is 8.52. The maximum Gasteiger partial charge on any atom is 0.281 e. The van der Waals surface area contributed by atoms with E-state index >= 15 is 0 Å². The zero-order chi connectivity index (χ0) is 13.1. The van der Waals surface area contributed by atoms with Crippen LogP contribution in [0.1, 0.15) is 0 Å². The molecule has 2 rings (SSSR count). The summed E-state index contributed by atoms with van der Waals surface area (Å²) in [5.41, 5.74) is 0. The molecular weight excluding hydrogens is 240 g/mol. The fraction of sp³-hybridized carbons (Fsp3) is 0.600. The van der Waals surface area contributed by atoms with Crippen LogP contribution in [-0.4, -0.2) is 62.9 Å². The molecule has 0 atom stereocenters. The van der Waals surface area contributed by atoms with Crippen LogP contribution in [0.25, 0.3) is 0 Å². The lowest BCUT2D eigenvalue weighted by molar-refractivity contribution is -0.944. The summed E-state index contributed by atoms with van der Waals surface area (Å²) in [5.74, 6) is -1.10. The van der Waals surface area contributed by atoms with Gasteiger partial charge in [0.05, 0.1) is 0 Å². The van der Waals surface area contributed by atoms with Gasteiger partial charge in [-0.1, -0.05) is 0 Å². The molecule has 18 heavy (non-hydrogen) atoms. The maximum absolute atomic E-state index is 11.2. The SMILES string of the molecule is O=C1C[NH+](CC[NH+]2CC(=O)NC(=O)C2)CC(=O)N1. The number of rotatable bonds is 3. The van der Waals surface area contributed by atoms with Gasteiger partial charge in [-0.2, -0.15) is 0 Å². The Morgan fingerprint density at radius 1 is 0.667 bits per heavy atom. The molecule has 0 aromatic rings. The summed E-state index contributed by atoms with van der Waals surface area (Å²) < 4.78 is 0. The molecule has 0 radical (unpaired) electrons. The normalized spacial score (nSPS) is 22.9. The molecule has 2 saturated heterocycles. The number of carbonyl (C=O) groups excluding carboxylic acids is 4. The van der Waals surface area contributed by atoms with Gasteiger partial charge in [0, 0.05) is 0 Å². The minimum absolute atomic E-state index is 0.263.